The highest BCUT2D eigenvalue weighted by Gasteiger charge is 2.53. The maximum Gasteiger partial charge on any atom is 0.136 e. The molecule has 0 saturated heterocycles. The van der Waals surface area contributed by atoms with Crippen LogP contribution < -0.4 is 4.74 Å². The average molecular weight is 527 g/mol. The van der Waals surface area contributed by atoms with Crippen LogP contribution >= 0.6 is 0 Å². The molecule has 0 amide bonds. The number of hydrogen-bond donors (Lipinski definition) is 0. The lowest BCUT2D eigenvalue weighted by Gasteiger charge is -2.37. The number of ether oxygens (including phenoxy) is 1. The van der Waals surface area contributed by atoms with Gasteiger partial charge in [0.1, 0.15) is 11.5 Å². The molecule has 41 heavy (non-hydrogen) atoms. The van der Waals surface area contributed by atoms with E-state index in [4.69, 9.17) is 14.7 Å². The molecule has 0 N–H and O–H groups in total. The van der Waals surface area contributed by atoms with Gasteiger partial charge in [-0.3, -0.25) is 9.97 Å². The van der Waals surface area contributed by atoms with Crippen LogP contribution in [0.3, 0.4) is 0 Å². The molecule has 4 aromatic carbocycles. The van der Waals surface area contributed by atoms with E-state index in [1.165, 1.54) is 33.4 Å². The molecule has 3 heterocycles. The Hall–Kier alpha value is -5.02. The summed E-state index contributed by atoms with van der Waals surface area (Å²) < 4.78 is 6.46. The molecule has 3 nitrogen and oxygen atoms in total. The molecule has 3 heteroatoms. The van der Waals surface area contributed by atoms with Crippen LogP contribution in [-0.2, 0) is 10.8 Å². The Labute approximate surface area is 239 Å². The molecular weight excluding hydrogens is 500 g/mol. The van der Waals surface area contributed by atoms with Crippen LogP contribution in [0.25, 0.3) is 33.5 Å². The van der Waals surface area contributed by atoms with Crippen molar-refractivity contribution in [2.45, 2.75) is 24.7 Å². The second kappa shape index (κ2) is 7.80. The summed E-state index contributed by atoms with van der Waals surface area (Å²) in [5, 5.41) is 0. The number of aromatic nitrogens is 2. The lowest BCUT2D eigenvalue weighted by atomic mass is 9.68. The highest BCUT2D eigenvalue weighted by Crippen LogP contribution is 2.62. The monoisotopic (exact) mass is 526 g/mol. The Morgan fingerprint density at radius 3 is 2.10 bits per heavy atom. The predicted molar refractivity (Wildman–Crippen MR) is 162 cm³/mol. The number of hydrogen-bond acceptors (Lipinski definition) is 3. The predicted octanol–water partition coefficient (Wildman–Crippen LogP) is 8.92. The van der Waals surface area contributed by atoms with Gasteiger partial charge in [0, 0.05) is 40.1 Å². The second-order valence-corrected chi connectivity index (χ2v) is 11.8. The second-order valence-electron chi connectivity index (χ2n) is 11.8. The Bertz CT molecular complexity index is 2060. The molecule has 1 aliphatic heterocycles. The molecule has 2 aromatic heterocycles. The zero-order valence-electron chi connectivity index (χ0n) is 22.8. The minimum Gasteiger partial charge on any atom is -0.457 e. The van der Waals surface area contributed by atoms with E-state index in [1.54, 1.807) is 0 Å². The number of nitrogens with zero attached hydrogens (tertiary/aromatic N) is 2. The van der Waals surface area contributed by atoms with Crippen molar-refractivity contribution < 1.29 is 4.74 Å². The summed E-state index contributed by atoms with van der Waals surface area (Å²) in [5.41, 5.74) is 13.6. The van der Waals surface area contributed by atoms with Gasteiger partial charge in [-0.25, -0.2) is 0 Å². The van der Waals surface area contributed by atoms with E-state index in [2.05, 4.69) is 111 Å². The van der Waals surface area contributed by atoms with Gasteiger partial charge in [-0.05, 0) is 57.6 Å². The molecule has 0 bridgehead atoms. The topological polar surface area (TPSA) is 35.0 Å². The van der Waals surface area contributed by atoms with E-state index in [0.717, 1.165) is 45.1 Å². The number of benzene rings is 4. The first kappa shape index (κ1) is 22.8. The van der Waals surface area contributed by atoms with Gasteiger partial charge in [0.25, 0.3) is 0 Å². The molecular formula is C38H26N2O. The van der Waals surface area contributed by atoms with Gasteiger partial charge in [0.05, 0.1) is 16.8 Å². The molecule has 6 aromatic rings. The minimum atomic E-state index is -0.593. The van der Waals surface area contributed by atoms with Crippen LogP contribution in [0.15, 0.2) is 122 Å². The normalized spacial score (nSPS) is 18.0. The lowest BCUT2D eigenvalue weighted by molar-refractivity contribution is 0.435. The van der Waals surface area contributed by atoms with Crippen molar-refractivity contribution in [1.29, 1.82) is 0 Å². The van der Waals surface area contributed by atoms with Crippen LogP contribution in [0.2, 0.25) is 0 Å². The fourth-order valence-electron chi connectivity index (χ4n) is 7.60. The van der Waals surface area contributed by atoms with Gasteiger partial charge in [0.15, 0.2) is 0 Å². The molecule has 0 saturated carbocycles. The van der Waals surface area contributed by atoms with Crippen molar-refractivity contribution >= 4 is 0 Å². The van der Waals surface area contributed by atoms with Crippen LogP contribution in [0.5, 0.6) is 11.5 Å². The fraction of sp³-hybridized carbons (Fsp3) is 0.105. The Morgan fingerprint density at radius 2 is 1.27 bits per heavy atom. The van der Waals surface area contributed by atoms with Gasteiger partial charge in [-0.1, -0.05) is 98.8 Å². The average Bonchev–Trinajstić information content (AvgIpc) is 3.45. The summed E-state index contributed by atoms with van der Waals surface area (Å²) in [7, 11) is 0. The molecule has 194 valence electrons. The van der Waals surface area contributed by atoms with Crippen molar-refractivity contribution in [1.82, 2.24) is 9.97 Å². The SMILES string of the molecule is CC1(C)c2ccccc2-c2cc(-c3ccc(C45c6ccccc6Oc6ccnc(c64)-c4ccccc45)nc3)ccc21. The molecule has 9 rings (SSSR count). The Morgan fingerprint density at radius 1 is 0.561 bits per heavy atom. The van der Waals surface area contributed by atoms with Gasteiger partial charge >= 0.3 is 0 Å². The fourth-order valence-corrected chi connectivity index (χ4v) is 7.60. The summed E-state index contributed by atoms with van der Waals surface area (Å²) in [6.07, 6.45) is 3.88. The molecule has 0 spiro atoms. The minimum absolute atomic E-state index is 0.00281. The third-order valence-corrected chi connectivity index (χ3v) is 9.45. The van der Waals surface area contributed by atoms with Crippen molar-refractivity contribution in [3.63, 3.8) is 0 Å². The molecule has 2 aliphatic carbocycles. The molecule has 0 radical (unpaired) electrons. The van der Waals surface area contributed by atoms with E-state index < -0.39 is 5.41 Å². The maximum absolute atomic E-state index is 6.46. The summed E-state index contributed by atoms with van der Waals surface area (Å²) in [4.78, 5) is 10.1. The molecule has 0 fully saturated rings. The van der Waals surface area contributed by atoms with Crippen LogP contribution in [0.1, 0.15) is 47.4 Å². The van der Waals surface area contributed by atoms with Gasteiger partial charge in [-0.15, -0.1) is 0 Å². The Balaban J connectivity index is 1.24. The first-order valence-electron chi connectivity index (χ1n) is 14.2. The zero-order chi connectivity index (χ0) is 27.3. The molecule has 1 unspecified atom stereocenters. The molecule has 3 aliphatic rings. The van der Waals surface area contributed by atoms with E-state index in [1.807, 2.05) is 24.5 Å². The highest BCUT2D eigenvalue weighted by atomic mass is 16.5. The first-order valence-corrected chi connectivity index (χ1v) is 14.2. The number of rotatable bonds is 2. The quantitative estimate of drug-likeness (QED) is 0.226. The summed E-state index contributed by atoms with van der Waals surface area (Å²) in [6.45, 7) is 4.64. The third kappa shape index (κ3) is 2.78. The summed E-state index contributed by atoms with van der Waals surface area (Å²) >= 11 is 0. The number of pyridine rings is 2. The van der Waals surface area contributed by atoms with Crippen LogP contribution in [-0.4, -0.2) is 9.97 Å². The van der Waals surface area contributed by atoms with Crippen molar-refractivity contribution in [3.05, 3.63) is 155 Å². The highest BCUT2D eigenvalue weighted by molar-refractivity contribution is 5.88. The third-order valence-electron chi connectivity index (χ3n) is 9.45. The molecule has 1 atom stereocenters. The van der Waals surface area contributed by atoms with Crippen LogP contribution in [0.4, 0.5) is 0 Å². The standard InChI is InChI=1S/C38H26N2O/c1-37(2)28-11-5-3-9-25(28)27-21-23(15-17-29(27)37)24-16-18-34(40-22-24)38-30-12-6-4-10-26(30)36-35(38)33(19-20-39-36)41-32-14-8-7-13-31(32)38/h3-22H,1-2H3. The maximum atomic E-state index is 6.46. The zero-order valence-corrected chi connectivity index (χ0v) is 22.8. The van der Waals surface area contributed by atoms with Crippen molar-refractivity contribution in [2.75, 3.05) is 0 Å². The van der Waals surface area contributed by atoms with Gasteiger partial charge in [0.2, 0.25) is 0 Å². The van der Waals surface area contributed by atoms with E-state index in [0.29, 0.717) is 0 Å². The number of para-hydroxylation sites is 1. The smallest absolute Gasteiger partial charge is 0.136 e. The van der Waals surface area contributed by atoms with Gasteiger partial charge in [-0.2, -0.15) is 0 Å². The van der Waals surface area contributed by atoms with Gasteiger partial charge < -0.3 is 4.74 Å². The van der Waals surface area contributed by atoms with E-state index >= 15 is 0 Å². The first-order chi connectivity index (χ1) is 20.1. The van der Waals surface area contributed by atoms with E-state index in [-0.39, 0.29) is 5.41 Å². The summed E-state index contributed by atoms with van der Waals surface area (Å²) in [6, 6.07) is 39.0. The van der Waals surface area contributed by atoms with Crippen molar-refractivity contribution in [2.24, 2.45) is 0 Å². The van der Waals surface area contributed by atoms with Crippen molar-refractivity contribution in [3.8, 4) is 45.0 Å². The largest absolute Gasteiger partial charge is 0.457 e. The lowest BCUT2D eigenvalue weighted by Crippen LogP contribution is -2.33. The Kier molecular flexibility index (Phi) is 4.33. The summed E-state index contributed by atoms with van der Waals surface area (Å²) in [5.74, 6) is 1.70. The number of fused-ring (bicyclic) bond motifs is 8. The van der Waals surface area contributed by atoms with Crippen LogP contribution in [0, 0.1) is 0 Å². The van der Waals surface area contributed by atoms with E-state index in [9.17, 15) is 0 Å².